The van der Waals surface area contributed by atoms with E-state index in [9.17, 15) is 4.79 Å². The molecule has 4 rings (SSSR count). The topological polar surface area (TPSA) is 54.0 Å². The van der Waals surface area contributed by atoms with Crippen molar-refractivity contribution >= 4 is 16.7 Å². The van der Waals surface area contributed by atoms with Crippen molar-refractivity contribution in [3.63, 3.8) is 0 Å². The molecule has 0 fully saturated rings. The minimum atomic E-state index is -0.220. The van der Waals surface area contributed by atoms with Crippen LogP contribution in [0.15, 0.2) is 48.5 Å². The molecule has 1 unspecified atom stereocenters. The van der Waals surface area contributed by atoms with Crippen LogP contribution in [-0.2, 0) is 9.53 Å². The summed E-state index contributed by atoms with van der Waals surface area (Å²) in [5, 5.41) is 2.20. The Bertz CT molecular complexity index is 1070. The monoisotopic (exact) mass is 406 g/mol. The van der Waals surface area contributed by atoms with E-state index >= 15 is 0 Å². The van der Waals surface area contributed by atoms with E-state index in [4.69, 9.17) is 18.9 Å². The number of esters is 1. The molecule has 30 heavy (non-hydrogen) atoms. The minimum absolute atomic E-state index is 0.154. The maximum Gasteiger partial charge on any atom is 0.306 e. The first-order chi connectivity index (χ1) is 14.6. The minimum Gasteiger partial charge on any atom is -0.494 e. The van der Waals surface area contributed by atoms with Gasteiger partial charge in [-0.1, -0.05) is 24.3 Å². The van der Waals surface area contributed by atoms with Crippen molar-refractivity contribution in [1.29, 1.82) is 0 Å². The van der Waals surface area contributed by atoms with Crippen LogP contribution >= 0.6 is 0 Å². The maximum absolute atomic E-state index is 12.4. The van der Waals surface area contributed by atoms with Crippen LogP contribution in [0.2, 0.25) is 0 Å². The van der Waals surface area contributed by atoms with Crippen molar-refractivity contribution in [2.75, 3.05) is 20.0 Å². The van der Waals surface area contributed by atoms with Crippen molar-refractivity contribution in [3.05, 3.63) is 65.2 Å². The highest BCUT2D eigenvalue weighted by molar-refractivity contribution is 5.85. The molecule has 0 aromatic heterocycles. The first-order valence-electron chi connectivity index (χ1n) is 10.3. The number of hydrogen-bond donors (Lipinski definition) is 0. The van der Waals surface area contributed by atoms with Gasteiger partial charge in [-0.25, -0.2) is 0 Å². The first-order valence-corrected chi connectivity index (χ1v) is 10.3. The lowest BCUT2D eigenvalue weighted by Gasteiger charge is -2.20. The number of aryl methyl sites for hydroxylation is 1. The molecule has 0 saturated heterocycles. The highest BCUT2D eigenvalue weighted by Gasteiger charge is 2.25. The Labute approximate surface area is 176 Å². The van der Waals surface area contributed by atoms with Crippen molar-refractivity contribution < 1.29 is 23.7 Å². The molecule has 0 N–H and O–H groups in total. The number of carbonyl (C=O) groups excluding carboxylic acids is 1. The zero-order valence-electron chi connectivity index (χ0n) is 17.6. The third kappa shape index (κ3) is 4.06. The van der Waals surface area contributed by atoms with Gasteiger partial charge in [-0.3, -0.25) is 4.79 Å². The Morgan fingerprint density at radius 2 is 1.73 bits per heavy atom. The van der Waals surface area contributed by atoms with Crippen LogP contribution in [0.4, 0.5) is 0 Å². The van der Waals surface area contributed by atoms with E-state index in [0.29, 0.717) is 19.0 Å². The second kappa shape index (κ2) is 8.66. The normalized spacial score (nSPS) is 13.3. The summed E-state index contributed by atoms with van der Waals surface area (Å²) in [6.45, 7) is 7.03. The quantitative estimate of drug-likeness (QED) is 0.494. The van der Waals surface area contributed by atoms with Gasteiger partial charge < -0.3 is 18.9 Å². The Balaban J connectivity index is 1.78. The summed E-state index contributed by atoms with van der Waals surface area (Å²) in [6, 6.07) is 16.3. The molecule has 0 spiro atoms. The van der Waals surface area contributed by atoms with Gasteiger partial charge in [0.1, 0.15) is 5.75 Å². The van der Waals surface area contributed by atoms with Crippen molar-refractivity contribution in [3.8, 4) is 17.2 Å². The first kappa shape index (κ1) is 20.1. The summed E-state index contributed by atoms with van der Waals surface area (Å²) in [4.78, 5) is 12.4. The molecule has 0 amide bonds. The summed E-state index contributed by atoms with van der Waals surface area (Å²) in [7, 11) is 0. The van der Waals surface area contributed by atoms with Gasteiger partial charge in [0.25, 0.3) is 0 Å². The van der Waals surface area contributed by atoms with E-state index in [2.05, 4.69) is 24.3 Å². The maximum atomic E-state index is 12.4. The standard InChI is InChI=1S/C25H26O5/c1-4-27-20-9-8-17-6-7-18(11-19(17)12-20)22(14-25(26)28-5-2)21-13-24-23(10-16(21)3)29-15-30-24/h6-13,22H,4-5,14-15H2,1-3H3. The van der Waals surface area contributed by atoms with Crippen LogP contribution in [0.3, 0.4) is 0 Å². The zero-order chi connectivity index (χ0) is 21.1. The molecule has 0 aliphatic carbocycles. The van der Waals surface area contributed by atoms with Crippen LogP contribution < -0.4 is 14.2 Å². The van der Waals surface area contributed by atoms with Crippen molar-refractivity contribution in [2.45, 2.75) is 33.1 Å². The van der Waals surface area contributed by atoms with E-state index < -0.39 is 0 Å². The molecular weight excluding hydrogens is 380 g/mol. The Kier molecular flexibility index (Phi) is 5.79. The van der Waals surface area contributed by atoms with Gasteiger partial charge in [-0.05, 0) is 72.5 Å². The molecule has 0 saturated carbocycles. The SMILES string of the molecule is CCOC(=O)CC(c1ccc2ccc(OCC)cc2c1)c1cc2c(cc1C)OCO2. The lowest BCUT2D eigenvalue weighted by atomic mass is 9.85. The van der Waals surface area contributed by atoms with Gasteiger partial charge in [0, 0.05) is 5.92 Å². The van der Waals surface area contributed by atoms with E-state index in [-0.39, 0.29) is 25.1 Å². The smallest absolute Gasteiger partial charge is 0.306 e. The van der Waals surface area contributed by atoms with E-state index in [1.807, 2.05) is 45.0 Å². The van der Waals surface area contributed by atoms with Gasteiger partial charge in [-0.2, -0.15) is 0 Å². The number of hydrogen-bond acceptors (Lipinski definition) is 5. The average molecular weight is 406 g/mol. The molecule has 1 atom stereocenters. The highest BCUT2D eigenvalue weighted by atomic mass is 16.7. The fraction of sp³-hybridized carbons (Fsp3) is 0.320. The fourth-order valence-corrected chi connectivity index (χ4v) is 3.95. The van der Waals surface area contributed by atoms with Crippen LogP contribution in [-0.4, -0.2) is 26.0 Å². The largest absolute Gasteiger partial charge is 0.494 e. The summed E-state index contributed by atoms with van der Waals surface area (Å²) in [5.74, 6) is 1.92. The molecule has 3 aromatic carbocycles. The number of fused-ring (bicyclic) bond motifs is 2. The Morgan fingerprint density at radius 1 is 0.967 bits per heavy atom. The molecular formula is C25H26O5. The van der Waals surface area contributed by atoms with Gasteiger partial charge in [0.15, 0.2) is 11.5 Å². The average Bonchev–Trinajstić information content (AvgIpc) is 3.19. The molecule has 5 nitrogen and oxygen atoms in total. The number of ether oxygens (including phenoxy) is 4. The second-order valence-corrected chi connectivity index (χ2v) is 7.33. The fourth-order valence-electron chi connectivity index (χ4n) is 3.95. The third-order valence-corrected chi connectivity index (χ3v) is 5.36. The van der Waals surface area contributed by atoms with Crippen molar-refractivity contribution in [1.82, 2.24) is 0 Å². The molecule has 3 aromatic rings. The molecule has 1 aliphatic heterocycles. The molecule has 0 radical (unpaired) electrons. The summed E-state index contributed by atoms with van der Waals surface area (Å²) in [5.41, 5.74) is 3.13. The number of rotatable bonds is 7. The van der Waals surface area contributed by atoms with Crippen LogP contribution in [0.1, 0.15) is 42.9 Å². The molecule has 1 heterocycles. The predicted molar refractivity (Wildman–Crippen MR) is 116 cm³/mol. The summed E-state index contributed by atoms with van der Waals surface area (Å²) >= 11 is 0. The molecule has 5 heteroatoms. The van der Waals surface area contributed by atoms with E-state index in [1.54, 1.807) is 0 Å². The van der Waals surface area contributed by atoms with E-state index in [0.717, 1.165) is 39.0 Å². The van der Waals surface area contributed by atoms with Gasteiger partial charge >= 0.3 is 5.97 Å². The summed E-state index contributed by atoms with van der Waals surface area (Å²) in [6.07, 6.45) is 0.255. The molecule has 1 aliphatic rings. The second-order valence-electron chi connectivity index (χ2n) is 7.33. The van der Waals surface area contributed by atoms with Crippen LogP contribution in [0.25, 0.3) is 10.8 Å². The lowest BCUT2D eigenvalue weighted by Crippen LogP contribution is -2.12. The lowest BCUT2D eigenvalue weighted by molar-refractivity contribution is -0.143. The zero-order valence-corrected chi connectivity index (χ0v) is 17.6. The van der Waals surface area contributed by atoms with Crippen LogP contribution in [0.5, 0.6) is 17.2 Å². The number of benzene rings is 3. The van der Waals surface area contributed by atoms with Gasteiger partial charge in [0.2, 0.25) is 6.79 Å². The highest BCUT2D eigenvalue weighted by Crippen LogP contribution is 2.40. The summed E-state index contributed by atoms with van der Waals surface area (Å²) < 4.78 is 22.0. The van der Waals surface area contributed by atoms with Gasteiger partial charge in [-0.15, -0.1) is 0 Å². The Hall–Kier alpha value is -3.21. The Morgan fingerprint density at radius 3 is 2.50 bits per heavy atom. The van der Waals surface area contributed by atoms with E-state index in [1.165, 1.54) is 0 Å². The molecule has 0 bridgehead atoms. The van der Waals surface area contributed by atoms with Crippen LogP contribution in [0, 0.1) is 6.92 Å². The van der Waals surface area contributed by atoms with Crippen molar-refractivity contribution in [2.24, 2.45) is 0 Å². The molecule has 156 valence electrons. The van der Waals surface area contributed by atoms with Gasteiger partial charge in [0.05, 0.1) is 19.6 Å². The third-order valence-electron chi connectivity index (χ3n) is 5.36. The predicted octanol–water partition coefficient (Wildman–Crippen LogP) is 5.36. The number of carbonyl (C=O) groups is 1.